The minimum absolute atomic E-state index is 0.184. The van der Waals surface area contributed by atoms with Crippen LogP contribution >= 0.6 is 0 Å². The molecule has 5 nitrogen and oxygen atoms in total. The Balaban J connectivity index is 1.98. The van der Waals surface area contributed by atoms with Gasteiger partial charge in [-0.05, 0) is 31.7 Å². The molecule has 0 spiro atoms. The van der Waals surface area contributed by atoms with Crippen LogP contribution < -0.4 is 4.74 Å². The van der Waals surface area contributed by atoms with Gasteiger partial charge in [0.25, 0.3) is 0 Å². The van der Waals surface area contributed by atoms with Crippen molar-refractivity contribution in [1.29, 1.82) is 4.78 Å². The molecular formula is C23H27F3N2O3S. The van der Waals surface area contributed by atoms with E-state index in [1.807, 2.05) is 30.3 Å². The lowest BCUT2D eigenvalue weighted by atomic mass is 9.78. The maximum absolute atomic E-state index is 13.5. The third kappa shape index (κ3) is 4.99. The number of hydrogen-bond acceptors (Lipinski definition) is 5. The molecule has 1 unspecified atom stereocenters. The fourth-order valence-electron chi connectivity index (χ4n) is 3.96. The van der Waals surface area contributed by atoms with Crippen molar-refractivity contribution in [2.24, 2.45) is 5.92 Å². The zero-order chi connectivity index (χ0) is 23.7. The summed E-state index contributed by atoms with van der Waals surface area (Å²) in [5.74, 6) is -0.767. The van der Waals surface area contributed by atoms with Gasteiger partial charge in [0.2, 0.25) is 0 Å². The minimum atomic E-state index is -4.50. The molecule has 1 aromatic heterocycles. The monoisotopic (exact) mass is 468 g/mol. The average molecular weight is 469 g/mol. The van der Waals surface area contributed by atoms with Gasteiger partial charge in [0, 0.05) is 18.2 Å². The number of aromatic nitrogens is 1. The molecule has 0 aliphatic carbocycles. The summed E-state index contributed by atoms with van der Waals surface area (Å²) in [4.78, 5) is 4.68. The predicted molar refractivity (Wildman–Crippen MR) is 116 cm³/mol. The first-order chi connectivity index (χ1) is 14.9. The van der Waals surface area contributed by atoms with Gasteiger partial charge in [-0.25, -0.2) is 8.99 Å². The van der Waals surface area contributed by atoms with Crippen LogP contribution in [0, 0.1) is 17.6 Å². The molecule has 174 valence electrons. The summed E-state index contributed by atoms with van der Waals surface area (Å²) in [6.45, 7) is 6.38. The number of ether oxygens (including phenoxy) is 2. The van der Waals surface area contributed by atoms with E-state index in [9.17, 15) is 17.4 Å². The smallest absolute Gasteiger partial charge is 0.417 e. The summed E-state index contributed by atoms with van der Waals surface area (Å²) in [7, 11) is -3.16. The molecule has 0 amide bonds. The third-order valence-corrected chi connectivity index (χ3v) is 7.04. The van der Waals surface area contributed by atoms with Crippen molar-refractivity contribution in [2.45, 2.75) is 49.5 Å². The Morgan fingerprint density at radius 2 is 2.03 bits per heavy atom. The Hall–Kier alpha value is -2.39. The number of allylic oxidation sites excluding steroid dienone is 1. The van der Waals surface area contributed by atoms with Gasteiger partial charge >= 0.3 is 6.18 Å². The van der Waals surface area contributed by atoms with Crippen molar-refractivity contribution in [3.05, 3.63) is 66.0 Å². The van der Waals surface area contributed by atoms with Gasteiger partial charge in [-0.2, -0.15) is 13.2 Å². The van der Waals surface area contributed by atoms with E-state index in [0.29, 0.717) is 11.4 Å². The number of aryl methyl sites for hydroxylation is 1. The quantitative estimate of drug-likeness (QED) is 0.558. The normalized spacial score (nSPS) is 25.7. The lowest BCUT2D eigenvalue weighted by Gasteiger charge is -2.42. The number of hydrogen-bond donors (Lipinski definition) is 1. The first kappa shape index (κ1) is 24.3. The molecule has 0 saturated carbocycles. The van der Waals surface area contributed by atoms with E-state index in [0.717, 1.165) is 12.5 Å². The van der Waals surface area contributed by atoms with E-state index >= 15 is 0 Å². The van der Waals surface area contributed by atoms with Gasteiger partial charge in [0.1, 0.15) is 17.3 Å². The van der Waals surface area contributed by atoms with Gasteiger partial charge in [0.15, 0.2) is 5.60 Å². The highest BCUT2D eigenvalue weighted by molar-refractivity contribution is 7.91. The molecule has 9 heteroatoms. The maximum atomic E-state index is 13.5. The summed E-state index contributed by atoms with van der Waals surface area (Å²) in [5, 5.41) is 0. The Morgan fingerprint density at radius 3 is 2.59 bits per heavy atom. The minimum Gasteiger partial charge on any atom is -0.487 e. The van der Waals surface area contributed by atoms with Crippen LogP contribution in [0.5, 0.6) is 5.75 Å². The number of rotatable bonds is 6. The van der Waals surface area contributed by atoms with E-state index in [4.69, 9.17) is 14.3 Å². The van der Waals surface area contributed by atoms with Crippen LogP contribution in [0.15, 0.2) is 53.9 Å². The van der Waals surface area contributed by atoms with Gasteiger partial charge < -0.3 is 9.47 Å². The number of nitrogens with one attached hydrogen (secondary N) is 1. The first-order valence-corrected chi connectivity index (χ1v) is 12.1. The van der Waals surface area contributed by atoms with Crippen molar-refractivity contribution in [3.8, 4) is 5.75 Å². The second-order valence-corrected chi connectivity index (χ2v) is 10.4. The van der Waals surface area contributed by atoms with Crippen LogP contribution in [-0.2, 0) is 21.1 Å². The first-order valence-electron chi connectivity index (χ1n) is 10.1. The maximum Gasteiger partial charge on any atom is 0.417 e. The van der Waals surface area contributed by atoms with Crippen LogP contribution in [0.25, 0.3) is 0 Å². The van der Waals surface area contributed by atoms with Gasteiger partial charge in [-0.15, -0.1) is 6.58 Å². The standard InChI is InChI=1S/C23H27F3N2O3S/c1-5-17-12-22(3,23(24,25)26)31-14-18(17)19-11-20(21(15(2)28-19)32(4,27)29)30-13-16-9-7-6-8-10-16/h5-11,17-18,27H,1,12-14H2,2-4H3/t17-,18-,22-,32?/m1/s1. The Bertz CT molecular complexity index is 1090. The Morgan fingerprint density at radius 1 is 1.38 bits per heavy atom. The summed E-state index contributed by atoms with van der Waals surface area (Å²) in [5.41, 5.74) is -0.566. The molecule has 1 fully saturated rings. The molecule has 0 bridgehead atoms. The Kier molecular flexibility index (Phi) is 6.72. The fraction of sp³-hybridized carbons (Fsp3) is 0.435. The zero-order valence-corrected chi connectivity index (χ0v) is 19.1. The third-order valence-electron chi connectivity index (χ3n) is 5.76. The van der Waals surface area contributed by atoms with Crippen LogP contribution in [0.2, 0.25) is 0 Å². The van der Waals surface area contributed by atoms with Crippen LogP contribution in [-0.4, -0.2) is 33.8 Å². The number of nitrogens with zero attached hydrogens (tertiary/aromatic N) is 1. The molecule has 1 N–H and O–H groups in total. The molecule has 1 aliphatic rings. The highest BCUT2D eigenvalue weighted by atomic mass is 32.2. The molecule has 1 aromatic carbocycles. The fourth-order valence-corrected chi connectivity index (χ4v) is 5.07. The van der Waals surface area contributed by atoms with Crippen molar-refractivity contribution in [1.82, 2.24) is 4.98 Å². The molecule has 2 aromatic rings. The number of halogens is 3. The topological polar surface area (TPSA) is 72.3 Å². The number of pyridine rings is 1. The van der Waals surface area contributed by atoms with Crippen molar-refractivity contribution >= 4 is 9.73 Å². The zero-order valence-electron chi connectivity index (χ0n) is 18.2. The number of benzene rings is 1. The largest absolute Gasteiger partial charge is 0.487 e. The summed E-state index contributed by atoms with van der Waals surface area (Å²) >= 11 is 0. The van der Waals surface area contributed by atoms with Gasteiger partial charge in [-0.1, -0.05) is 36.4 Å². The van der Waals surface area contributed by atoms with E-state index in [-0.39, 0.29) is 30.3 Å². The van der Waals surface area contributed by atoms with E-state index < -0.39 is 33.3 Å². The molecule has 32 heavy (non-hydrogen) atoms. The molecule has 3 rings (SSSR count). The molecule has 1 saturated heterocycles. The summed E-state index contributed by atoms with van der Waals surface area (Å²) in [6.07, 6.45) is -2.00. The van der Waals surface area contributed by atoms with Crippen LogP contribution in [0.4, 0.5) is 13.2 Å². The van der Waals surface area contributed by atoms with Crippen molar-refractivity contribution in [2.75, 3.05) is 12.9 Å². The second kappa shape index (κ2) is 8.86. The van der Waals surface area contributed by atoms with Crippen molar-refractivity contribution < 1.29 is 26.9 Å². The summed E-state index contributed by atoms with van der Waals surface area (Å²) < 4.78 is 72.4. The molecule has 0 radical (unpaired) electrons. The van der Waals surface area contributed by atoms with Crippen molar-refractivity contribution in [3.63, 3.8) is 0 Å². The molecule has 1 aliphatic heterocycles. The van der Waals surface area contributed by atoms with Crippen LogP contribution in [0.1, 0.15) is 36.2 Å². The Labute approximate surface area is 186 Å². The number of alkyl halides is 3. The SMILES string of the molecule is C=C[C@@H]1C[C@](C)(C(F)(F)F)OC[C@H]1c1cc(OCc2ccccc2)c(S(C)(=N)=O)c(C)n1. The molecule has 4 atom stereocenters. The summed E-state index contributed by atoms with van der Waals surface area (Å²) in [6, 6.07) is 10.9. The predicted octanol–water partition coefficient (Wildman–Crippen LogP) is 5.63. The second-order valence-electron chi connectivity index (χ2n) is 8.33. The van der Waals surface area contributed by atoms with Gasteiger partial charge in [0.05, 0.1) is 27.7 Å². The average Bonchev–Trinajstić information content (AvgIpc) is 2.70. The molecule has 2 heterocycles. The molecular weight excluding hydrogens is 441 g/mol. The van der Waals surface area contributed by atoms with E-state index in [1.165, 1.54) is 12.3 Å². The van der Waals surface area contributed by atoms with E-state index in [1.54, 1.807) is 13.0 Å². The highest BCUT2D eigenvalue weighted by Crippen LogP contribution is 2.47. The van der Waals surface area contributed by atoms with Gasteiger partial charge in [-0.3, -0.25) is 4.98 Å². The van der Waals surface area contributed by atoms with Crippen LogP contribution in [0.3, 0.4) is 0 Å². The van der Waals surface area contributed by atoms with E-state index in [2.05, 4.69) is 11.6 Å². The lowest BCUT2D eigenvalue weighted by molar-refractivity contribution is -0.288. The highest BCUT2D eigenvalue weighted by Gasteiger charge is 2.56. The lowest BCUT2D eigenvalue weighted by Crippen LogP contribution is -2.51.